The van der Waals surface area contributed by atoms with Crippen molar-refractivity contribution in [1.29, 1.82) is 0 Å². The fraction of sp³-hybridized carbons (Fsp3) is 0.444. The van der Waals surface area contributed by atoms with Gasteiger partial charge in [0.15, 0.2) is 5.78 Å². The fourth-order valence-corrected chi connectivity index (χ4v) is 9.04. The van der Waals surface area contributed by atoms with E-state index in [9.17, 15) is 4.79 Å². The minimum atomic E-state index is -2.46. The largest absolute Gasteiger partial charge is 0.407 e. The van der Waals surface area contributed by atoms with E-state index >= 15 is 0 Å². The number of allylic oxidation sites excluding steroid dienone is 2. The average Bonchev–Trinajstić information content (AvgIpc) is 2.68. The van der Waals surface area contributed by atoms with Crippen LogP contribution in [0.5, 0.6) is 0 Å². The lowest BCUT2D eigenvalue weighted by molar-refractivity contribution is -0.112. The van der Waals surface area contributed by atoms with Crippen LogP contribution in [0.3, 0.4) is 0 Å². The van der Waals surface area contributed by atoms with Gasteiger partial charge in [-0.2, -0.15) is 0 Å². The lowest BCUT2D eigenvalue weighted by Gasteiger charge is -2.43. The molecular formula is C27H38O2Si. The summed E-state index contributed by atoms with van der Waals surface area (Å²) in [5, 5.41) is 2.66. The Hall–Kier alpha value is -1.97. The lowest BCUT2D eigenvalue weighted by atomic mass is 9.95. The van der Waals surface area contributed by atoms with Gasteiger partial charge in [-0.05, 0) is 53.1 Å². The van der Waals surface area contributed by atoms with E-state index in [2.05, 4.69) is 95.3 Å². The van der Waals surface area contributed by atoms with Gasteiger partial charge in [-0.15, -0.1) is 0 Å². The predicted molar refractivity (Wildman–Crippen MR) is 131 cm³/mol. The number of benzene rings is 2. The van der Waals surface area contributed by atoms with E-state index in [1.165, 1.54) is 10.4 Å². The van der Waals surface area contributed by atoms with Gasteiger partial charge in [0.2, 0.25) is 0 Å². The third-order valence-electron chi connectivity index (χ3n) is 5.70. The molecule has 2 atom stereocenters. The SMILES string of the molecule is CC(=O)/C=C/C[C@@H](C)C[C@@H](C)CO[Si](c1ccccc1)(c1ccccc1)C(C)(C)C. The van der Waals surface area contributed by atoms with Crippen molar-refractivity contribution in [2.45, 2.75) is 59.4 Å². The Morgan fingerprint density at radius 2 is 1.43 bits per heavy atom. The highest BCUT2D eigenvalue weighted by atomic mass is 28.4. The van der Waals surface area contributed by atoms with Crippen LogP contribution in [0.1, 0.15) is 54.4 Å². The summed E-state index contributed by atoms with van der Waals surface area (Å²) in [6, 6.07) is 21.6. The zero-order valence-corrected chi connectivity index (χ0v) is 20.5. The molecule has 0 radical (unpaired) electrons. The molecule has 162 valence electrons. The molecule has 0 unspecified atom stereocenters. The van der Waals surface area contributed by atoms with Crippen LogP contribution in [0.4, 0.5) is 0 Å². The average molecular weight is 423 g/mol. The Labute approximate surface area is 184 Å². The Balaban J connectivity index is 2.25. The minimum Gasteiger partial charge on any atom is -0.407 e. The number of hydrogen-bond acceptors (Lipinski definition) is 2. The van der Waals surface area contributed by atoms with E-state index in [0.717, 1.165) is 19.4 Å². The van der Waals surface area contributed by atoms with Crippen molar-refractivity contribution >= 4 is 24.5 Å². The van der Waals surface area contributed by atoms with Crippen molar-refractivity contribution in [3.63, 3.8) is 0 Å². The van der Waals surface area contributed by atoms with Crippen molar-refractivity contribution in [3.8, 4) is 0 Å². The molecule has 0 heterocycles. The van der Waals surface area contributed by atoms with Crippen LogP contribution in [-0.4, -0.2) is 20.7 Å². The molecule has 0 spiro atoms. The Kier molecular flexibility index (Phi) is 8.81. The van der Waals surface area contributed by atoms with Crippen molar-refractivity contribution < 1.29 is 9.22 Å². The van der Waals surface area contributed by atoms with Crippen LogP contribution >= 0.6 is 0 Å². The topological polar surface area (TPSA) is 26.3 Å². The maximum absolute atomic E-state index is 11.1. The maximum atomic E-state index is 11.1. The van der Waals surface area contributed by atoms with Crippen LogP contribution in [0.2, 0.25) is 5.04 Å². The molecular weight excluding hydrogens is 384 g/mol. The second-order valence-corrected chi connectivity index (χ2v) is 14.0. The molecule has 0 aromatic heterocycles. The molecule has 0 saturated carbocycles. The summed E-state index contributed by atoms with van der Waals surface area (Å²) in [6.07, 6.45) is 5.70. The first-order valence-corrected chi connectivity index (χ1v) is 13.0. The molecule has 2 rings (SSSR count). The van der Waals surface area contributed by atoms with Crippen molar-refractivity contribution in [3.05, 3.63) is 72.8 Å². The summed E-state index contributed by atoms with van der Waals surface area (Å²) in [5.74, 6) is 1.09. The van der Waals surface area contributed by atoms with Gasteiger partial charge in [-0.3, -0.25) is 4.79 Å². The molecule has 0 aliphatic heterocycles. The predicted octanol–water partition coefficient (Wildman–Crippen LogP) is 5.76. The van der Waals surface area contributed by atoms with Crippen LogP contribution in [0, 0.1) is 11.8 Å². The second-order valence-electron chi connectivity index (χ2n) is 9.67. The van der Waals surface area contributed by atoms with E-state index in [0.29, 0.717) is 11.8 Å². The first kappa shape index (κ1) is 24.3. The molecule has 0 aliphatic carbocycles. The van der Waals surface area contributed by atoms with Gasteiger partial charge in [0, 0.05) is 6.61 Å². The standard InChI is InChI=1S/C27H38O2Si/c1-22(14-13-15-24(3)28)20-23(2)21-29-30(27(4,5)6,25-16-9-7-10-17-25)26-18-11-8-12-19-26/h7-13,15-19,22-23H,14,20-21H2,1-6H3/b15-13+/t22-,23-/m1/s1. The Bertz CT molecular complexity index is 766. The van der Waals surface area contributed by atoms with Crippen molar-refractivity contribution in [2.75, 3.05) is 6.61 Å². The van der Waals surface area contributed by atoms with Gasteiger partial charge in [-0.1, -0.05) is 101 Å². The first-order chi connectivity index (χ1) is 14.2. The monoisotopic (exact) mass is 422 g/mol. The molecule has 0 N–H and O–H groups in total. The van der Waals surface area contributed by atoms with Crippen molar-refractivity contribution in [1.82, 2.24) is 0 Å². The van der Waals surface area contributed by atoms with E-state index in [4.69, 9.17) is 4.43 Å². The molecule has 0 amide bonds. The number of rotatable bonds is 10. The summed E-state index contributed by atoms with van der Waals surface area (Å²) in [7, 11) is -2.46. The molecule has 30 heavy (non-hydrogen) atoms. The quantitative estimate of drug-likeness (QED) is 0.359. The third-order valence-corrected chi connectivity index (χ3v) is 10.7. The van der Waals surface area contributed by atoms with Crippen LogP contribution in [0.25, 0.3) is 0 Å². The zero-order valence-electron chi connectivity index (χ0n) is 19.5. The molecule has 2 aromatic rings. The number of hydrogen-bond donors (Lipinski definition) is 0. The number of carbonyl (C=O) groups is 1. The van der Waals surface area contributed by atoms with Crippen LogP contribution in [0.15, 0.2) is 72.8 Å². The van der Waals surface area contributed by atoms with Gasteiger partial charge >= 0.3 is 0 Å². The van der Waals surface area contributed by atoms with Gasteiger partial charge in [0.1, 0.15) is 0 Å². The fourth-order valence-electron chi connectivity index (χ4n) is 4.35. The Morgan fingerprint density at radius 1 is 0.933 bits per heavy atom. The third kappa shape index (κ3) is 6.26. The molecule has 2 aromatic carbocycles. The highest BCUT2D eigenvalue weighted by Crippen LogP contribution is 2.37. The summed E-state index contributed by atoms with van der Waals surface area (Å²) < 4.78 is 7.04. The highest BCUT2D eigenvalue weighted by molar-refractivity contribution is 6.99. The maximum Gasteiger partial charge on any atom is 0.261 e. The number of ketones is 1. The summed E-state index contributed by atoms with van der Waals surface area (Å²) in [6.45, 7) is 13.8. The number of carbonyl (C=O) groups excluding carboxylic acids is 1. The van der Waals surface area contributed by atoms with Gasteiger partial charge < -0.3 is 4.43 Å². The van der Waals surface area contributed by atoms with Gasteiger partial charge in [0.25, 0.3) is 8.32 Å². The molecule has 0 aliphatic rings. The molecule has 3 heteroatoms. The molecule has 0 fully saturated rings. The highest BCUT2D eigenvalue weighted by Gasteiger charge is 2.50. The van der Waals surface area contributed by atoms with E-state index in [1.807, 2.05) is 6.08 Å². The normalized spacial score (nSPS) is 14.6. The van der Waals surface area contributed by atoms with Crippen LogP contribution < -0.4 is 10.4 Å². The minimum absolute atomic E-state index is 0.00523. The molecule has 0 bridgehead atoms. The molecule has 0 saturated heterocycles. The molecule has 2 nitrogen and oxygen atoms in total. The van der Waals surface area contributed by atoms with Gasteiger partial charge in [-0.25, -0.2) is 0 Å². The summed E-state index contributed by atoms with van der Waals surface area (Å²) in [4.78, 5) is 11.1. The summed E-state index contributed by atoms with van der Waals surface area (Å²) in [5.41, 5.74) is 0. The second kappa shape index (κ2) is 10.9. The van der Waals surface area contributed by atoms with E-state index in [1.54, 1.807) is 13.0 Å². The van der Waals surface area contributed by atoms with Crippen LogP contribution in [-0.2, 0) is 9.22 Å². The lowest BCUT2D eigenvalue weighted by Crippen LogP contribution is -2.66. The first-order valence-electron chi connectivity index (χ1n) is 11.1. The smallest absolute Gasteiger partial charge is 0.261 e. The Morgan fingerprint density at radius 3 is 1.87 bits per heavy atom. The van der Waals surface area contributed by atoms with E-state index in [-0.39, 0.29) is 10.8 Å². The summed E-state index contributed by atoms with van der Waals surface area (Å²) >= 11 is 0. The van der Waals surface area contributed by atoms with Crippen molar-refractivity contribution in [2.24, 2.45) is 11.8 Å². The zero-order chi connectivity index (χ0) is 22.2. The van der Waals surface area contributed by atoms with E-state index < -0.39 is 8.32 Å². The van der Waals surface area contributed by atoms with Gasteiger partial charge in [0.05, 0.1) is 0 Å².